The van der Waals surface area contributed by atoms with Crippen molar-refractivity contribution in [2.24, 2.45) is 4.99 Å². The fourth-order valence-corrected chi connectivity index (χ4v) is 6.81. The highest BCUT2D eigenvalue weighted by atomic mass is 35.5. The van der Waals surface area contributed by atoms with Crippen LogP contribution in [-0.2, 0) is 15.6 Å². The van der Waals surface area contributed by atoms with Crippen LogP contribution in [0.2, 0.25) is 5.02 Å². The largest absolute Gasteiger partial charge is 0.497 e. The van der Waals surface area contributed by atoms with Gasteiger partial charge in [-0.25, -0.2) is 12.8 Å². The van der Waals surface area contributed by atoms with Gasteiger partial charge < -0.3 is 9.64 Å². The average molecular weight is 441 g/mol. The summed E-state index contributed by atoms with van der Waals surface area (Å²) >= 11 is 7.49. The average Bonchev–Trinajstić information content (AvgIpc) is 3.12. The number of hydrogen-bond acceptors (Lipinski definition) is 6. The topological polar surface area (TPSA) is 59.0 Å². The van der Waals surface area contributed by atoms with Gasteiger partial charge >= 0.3 is 0 Å². The summed E-state index contributed by atoms with van der Waals surface area (Å²) in [7, 11) is -1.56. The van der Waals surface area contributed by atoms with Crippen LogP contribution in [0.4, 0.5) is 10.1 Å². The first-order chi connectivity index (χ1) is 13.4. The molecule has 2 aliphatic heterocycles. The normalized spacial score (nSPS) is 22.8. The van der Waals surface area contributed by atoms with Crippen molar-refractivity contribution in [3.8, 4) is 5.75 Å². The van der Waals surface area contributed by atoms with Crippen LogP contribution in [0.3, 0.4) is 0 Å². The molecule has 2 heterocycles. The number of nitrogens with zero attached hydrogens (tertiary/aromatic N) is 2. The highest BCUT2D eigenvalue weighted by Gasteiger charge is 2.47. The fraction of sp³-hybridized carbons (Fsp3) is 0.316. The van der Waals surface area contributed by atoms with Gasteiger partial charge in [0.25, 0.3) is 0 Å². The maximum Gasteiger partial charge on any atom is 0.164 e. The number of amidine groups is 1. The number of methoxy groups -OCH3 is 1. The van der Waals surface area contributed by atoms with Gasteiger partial charge in [0, 0.05) is 28.1 Å². The molecule has 2 aliphatic rings. The van der Waals surface area contributed by atoms with E-state index in [0.717, 1.165) is 5.69 Å². The Bertz CT molecular complexity index is 1020. The molecular formula is C19H18ClFN2O3S2. The Balaban J connectivity index is 1.65. The number of hydrogen-bond donors (Lipinski definition) is 0. The van der Waals surface area contributed by atoms with E-state index in [2.05, 4.69) is 4.99 Å². The monoisotopic (exact) mass is 440 g/mol. The Morgan fingerprint density at radius 1 is 1.29 bits per heavy atom. The maximum atomic E-state index is 14.1. The van der Waals surface area contributed by atoms with E-state index >= 15 is 0 Å². The van der Waals surface area contributed by atoms with Crippen molar-refractivity contribution in [3.05, 3.63) is 58.9 Å². The first kappa shape index (κ1) is 19.5. The van der Waals surface area contributed by atoms with Crippen LogP contribution in [0, 0.1) is 5.82 Å². The lowest BCUT2D eigenvalue weighted by Gasteiger charge is -2.26. The summed E-state index contributed by atoms with van der Waals surface area (Å²) in [5, 5.41) is 1.03. The van der Waals surface area contributed by atoms with E-state index < -0.39 is 9.84 Å². The highest BCUT2D eigenvalue weighted by molar-refractivity contribution is 8.13. The lowest BCUT2D eigenvalue weighted by Crippen LogP contribution is -2.39. The first-order valence-electron chi connectivity index (χ1n) is 8.65. The smallest absolute Gasteiger partial charge is 0.164 e. The minimum Gasteiger partial charge on any atom is -0.497 e. The van der Waals surface area contributed by atoms with Crippen LogP contribution < -0.4 is 9.64 Å². The van der Waals surface area contributed by atoms with E-state index in [1.807, 2.05) is 29.2 Å². The SMILES string of the molecule is COc1cccc(N2C(SCc3c(F)cccc3Cl)=N[C@@H]3CS(=O)(=O)C[C@H]32)c1. The number of rotatable bonds is 4. The second-order valence-corrected chi connectivity index (χ2v) is 10.2. The number of halogens is 2. The lowest BCUT2D eigenvalue weighted by molar-refractivity contribution is 0.415. The van der Waals surface area contributed by atoms with Gasteiger partial charge in [0.2, 0.25) is 0 Å². The maximum absolute atomic E-state index is 14.1. The summed E-state index contributed by atoms with van der Waals surface area (Å²) in [5.41, 5.74) is 1.21. The molecule has 0 radical (unpaired) electrons. The molecule has 0 N–H and O–H groups in total. The van der Waals surface area contributed by atoms with Gasteiger partial charge in [0.1, 0.15) is 11.6 Å². The fourth-order valence-electron chi connectivity index (χ4n) is 3.50. The molecule has 0 unspecified atom stereocenters. The molecule has 1 saturated heterocycles. The van der Waals surface area contributed by atoms with Gasteiger partial charge in [0.15, 0.2) is 15.0 Å². The van der Waals surface area contributed by atoms with Gasteiger partial charge in [-0.15, -0.1) is 0 Å². The molecule has 0 spiro atoms. The van der Waals surface area contributed by atoms with Crippen LogP contribution in [0.15, 0.2) is 47.5 Å². The molecule has 28 heavy (non-hydrogen) atoms. The number of thioether (sulfide) groups is 1. The van der Waals surface area contributed by atoms with Crippen molar-refractivity contribution < 1.29 is 17.5 Å². The predicted molar refractivity (Wildman–Crippen MR) is 112 cm³/mol. The highest BCUT2D eigenvalue weighted by Crippen LogP contribution is 2.37. The van der Waals surface area contributed by atoms with Crippen LogP contribution >= 0.6 is 23.4 Å². The van der Waals surface area contributed by atoms with Crippen molar-refractivity contribution in [2.45, 2.75) is 17.8 Å². The lowest BCUT2D eigenvalue weighted by atomic mass is 10.1. The molecule has 2 atom stereocenters. The Kier molecular flexibility index (Phi) is 5.28. The number of benzene rings is 2. The predicted octanol–water partition coefficient (Wildman–Crippen LogP) is 3.76. The molecule has 148 valence electrons. The molecule has 0 saturated carbocycles. The van der Waals surface area contributed by atoms with E-state index in [1.54, 1.807) is 19.2 Å². The number of ether oxygens (including phenoxy) is 1. The molecule has 2 aromatic carbocycles. The number of aliphatic imine (C=N–C) groups is 1. The zero-order chi connectivity index (χ0) is 19.9. The Hall–Kier alpha value is -1.77. The van der Waals surface area contributed by atoms with Gasteiger partial charge in [-0.2, -0.15) is 0 Å². The third kappa shape index (κ3) is 3.73. The van der Waals surface area contributed by atoms with Gasteiger partial charge in [-0.3, -0.25) is 4.99 Å². The molecule has 0 bridgehead atoms. The summed E-state index contributed by atoms with van der Waals surface area (Å²) in [6.07, 6.45) is 0. The van der Waals surface area contributed by atoms with Crippen LogP contribution in [0.25, 0.3) is 0 Å². The minimum atomic E-state index is -3.14. The number of sulfone groups is 1. The van der Waals surface area contributed by atoms with Crippen LogP contribution in [0.1, 0.15) is 5.56 Å². The molecule has 4 rings (SSSR count). The number of anilines is 1. The number of fused-ring (bicyclic) bond motifs is 1. The quantitative estimate of drug-likeness (QED) is 0.724. The van der Waals surface area contributed by atoms with Crippen molar-refractivity contribution in [2.75, 3.05) is 23.5 Å². The van der Waals surface area contributed by atoms with E-state index in [4.69, 9.17) is 16.3 Å². The van der Waals surface area contributed by atoms with Crippen LogP contribution in [-0.4, -0.2) is 44.3 Å². The molecular weight excluding hydrogens is 423 g/mol. The molecule has 5 nitrogen and oxygen atoms in total. The van der Waals surface area contributed by atoms with Crippen molar-refractivity contribution in [3.63, 3.8) is 0 Å². The van der Waals surface area contributed by atoms with Gasteiger partial charge in [0.05, 0.1) is 30.7 Å². The molecule has 0 aliphatic carbocycles. The zero-order valence-electron chi connectivity index (χ0n) is 15.0. The van der Waals surface area contributed by atoms with Crippen molar-refractivity contribution in [1.29, 1.82) is 0 Å². The summed E-state index contributed by atoms with van der Waals surface area (Å²) < 4.78 is 43.7. The van der Waals surface area contributed by atoms with Crippen LogP contribution in [0.5, 0.6) is 5.75 Å². The second-order valence-electron chi connectivity index (χ2n) is 6.68. The van der Waals surface area contributed by atoms with E-state index in [0.29, 0.717) is 27.3 Å². The van der Waals surface area contributed by atoms with Crippen molar-refractivity contribution in [1.82, 2.24) is 0 Å². The first-order valence-corrected chi connectivity index (χ1v) is 11.8. The molecule has 2 aromatic rings. The Labute approximate surface area is 172 Å². The molecule has 0 aromatic heterocycles. The summed E-state index contributed by atoms with van der Waals surface area (Å²) in [5.74, 6) is 0.681. The van der Waals surface area contributed by atoms with Gasteiger partial charge in [-0.1, -0.05) is 35.5 Å². The Morgan fingerprint density at radius 2 is 2.07 bits per heavy atom. The van der Waals surface area contributed by atoms with Crippen molar-refractivity contribution >= 4 is 44.1 Å². The third-order valence-corrected chi connectivity index (χ3v) is 7.89. The van der Waals surface area contributed by atoms with E-state index in [-0.39, 0.29) is 29.4 Å². The van der Waals surface area contributed by atoms with E-state index in [1.165, 1.54) is 17.8 Å². The summed E-state index contributed by atoms with van der Waals surface area (Å²) in [6, 6.07) is 11.4. The third-order valence-electron chi connectivity index (χ3n) is 4.85. The second kappa shape index (κ2) is 7.57. The molecule has 9 heteroatoms. The Morgan fingerprint density at radius 3 is 2.82 bits per heavy atom. The zero-order valence-corrected chi connectivity index (χ0v) is 17.4. The summed E-state index contributed by atoms with van der Waals surface area (Å²) in [6.45, 7) is 0. The molecule has 1 fully saturated rings. The minimum absolute atomic E-state index is 0.0304. The summed E-state index contributed by atoms with van der Waals surface area (Å²) in [4.78, 5) is 6.58. The van der Waals surface area contributed by atoms with E-state index in [9.17, 15) is 12.8 Å². The molecule has 0 amide bonds. The standard InChI is InChI=1S/C19H18ClFN2O3S2/c1-26-13-5-2-4-12(8-13)23-18-11-28(24,25)10-17(18)22-19(23)27-9-14-15(20)6-3-7-16(14)21/h2-8,17-18H,9-11H2,1H3/t17-,18-/m1/s1. The van der Waals surface area contributed by atoms with Gasteiger partial charge in [-0.05, 0) is 24.3 Å².